The van der Waals surface area contributed by atoms with Gasteiger partial charge in [-0.05, 0) is 60.9 Å². The van der Waals surface area contributed by atoms with Crippen molar-refractivity contribution >= 4 is 22.4 Å². The fourth-order valence-corrected chi connectivity index (χ4v) is 4.83. The van der Waals surface area contributed by atoms with E-state index in [1.54, 1.807) is 7.11 Å². The van der Waals surface area contributed by atoms with E-state index in [1.165, 1.54) is 41.5 Å². The minimum Gasteiger partial charge on any atom is -0.494 e. The molecule has 2 heterocycles. The molecule has 0 atom stereocenters. The molecule has 0 saturated heterocycles. The zero-order valence-electron chi connectivity index (χ0n) is 21.9. The molecule has 0 radical (unpaired) electrons. The van der Waals surface area contributed by atoms with Crippen molar-refractivity contribution in [3.63, 3.8) is 0 Å². The average Bonchev–Trinajstić information content (AvgIpc) is 3.46. The van der Waals surface area contributed by atoms with E-state index in [0.29, 0.717) is 40.0 Å². The summed E-state index contributed by atoms with van der Waals surface area (Å²) in [4.78, 5) is 18.2. The summed E-state index contributed by atoms with van der Waals surface area (Å²) in [5, 5.41) is 4.46. The lowest BCUT2D eigenvalue weighted by molar-refractivity contribution is 0.285. The fraction of sp³-hybridized carbons (Fsp3) is 0.414. The Hall–Kier alpha value is -3.39. The first kappa shape index (κ1) is 26.7. The highest BCUT2D eigenvalue weighted by Gasteiger charge is 2.13. The molecule has 7 nitrogen and oxygen atoms in total. The van der Waals surface area contributed by atoms with E-state index in [4.69, 9.17) is 14.2 Å². The normalized spacial score (nSPS) is 11.8. The van der Waals surface area contributed by atoms with Crippen LogP contribution in [-0.4, -0.2) is 34.9 Å². The molecule has 0 aliphatic heterocycles. The molecular weight excluding hydrogens is 486 g/mol. The highest BCUT2D eigenvalue weighted by molar-refractivity contribution is 7.15. The minimum atomic E-state index is -0.190. The molecule has 4 aromatic rings. The Morgan fingerprint density at radius 1 is 0.892 bits per heavy atom. The molecule has 0 amide bonds. The van der Waals surface area contributed by atoms with Gasteiger partial charge in [-0.3, -0.25) is 4.79 Å². The molecule has 0 spiro atoms. The number of thiazole rings is 1. The number of benzene rings is 2. The van der Waals surface area contributed by atoms with Crippen LogP contribution in [0.15, 0.2) is 47.3 Å². The Kier molecular flexibility index (Phi) is 9.54. The van der Waals surface area contributed by atoms with Gasteiger partial charge in [0, 0.05) is 5.56 Å². The van der Waals surface area contributed by atoms with E-state index < -0.39 is 0 Å². The van der Waals surface area contributed by atoms with Gasteiger partial charge in [-0.1, -0.05) is 63.4 Å². The first-order valence-corrected chi connectivity index (χ1v) is 13.9. The predicted octanol–water partition coefficient (Wildman–Crippen LogP) is 5.90. The smallest absolute Gasteiger partial charge is 0.291 e. The molecule has 0 N–H and O–H groups in total. The van der Waals surface area contributed by atoms with Gasteiger partial charge in [0.1, 0.15) is 5.75 Å². The monoisotopic (exact) mass is 521 g/mol. The molecular formula is C29H35N3O4S. The van der Waals surface area contributed by atoms with Gasteiger partial charge in [-0.2, -0.15) is 9.50 Å². The van der Waals surface area contributed by atoms with E-state index in [0.717, 1.165) is 36.1 Å². The maximum atomic E-state index is 13.0. The number of fused-ring (bicyclic) bond motifs is 1. The van der Waals surface area contributed by atoms with E-state index in [9.17, 15) is 4.79 Å². The standard InChI is InChI=1S/C29H35N3O4S/c1-4-6-8-9-10-18-36-24-16-11-21(19-25(24)34-3)20-26-28(33)32-29(37-26)30-27(31-32)22-12-14-23(15-13-22)35-17-7-5-2/h11-16,19-20H,4-10,17-18H2,1-3H3. The predicted molar refractivity (Wildman–Crippen MR) is 149 cm³/mol. The van der Waals surface area contributed by atoms with Crippen molar-refractivity contribution in [2.24, 2.45) is 0 Å². The van der Waals surface area contributed by atoms with Crippen LogP contribution in [0.3, 0.4) is 0 Å². The van der Waals surface area contributed by atoms with Gasteiger partial charge in [0.15, 0.2) is 17.3 Å². The van der Waals surface area contributed by atoms with Crippen LogP contribution in [-0.2, 0) is 0 Å². The number of ether oxygens (including phenoxy) is 3. The highest BCUT2D eigenvalue weighted by Crippen LogP contribution is 2.29. The van der Waals surface area contributed by atoms with Gasteiger partial charge in [-0.15, -0.1) is 5.10 Å². The van der Waals surface area contributed by atoms with Crippen molar-refractivity contribution < 1.29 is 14.2 Å². The molecule has 37 heavy (non-hydrogen) atoms. The van der Waals surface area contributed by atoms with Gasteiger partial charge < -0.3 is 14.2 Å². The average molecular weight is 522 g/mol. The topological polar surface area (TPSA) is 75.0 Å². The molecule has 4 rings (SSSR count). The summed E-state index contributed by atoms with van der Waals surface area (Å²) < 4.78 is 19.1. The third-order valence-electron chi connectivity index (χ3n) is 6.05. The van der Waals surface area contributed by atoms with Gasteiger partial charge in [0.05, 0.1) is 24.9 Å². The summed E-state index contributed by atoms with van der Waals surface area (Å²) in [6, 6.07) is 13.4. The maximum Gasteiger partial charge on any atom is 0.291 e. The number of methoxy groups -OCH3 is 1. The second-order valence-corrected chi connectivity index (χ2v) is 9.95. The van der Waals surface area contributed by atoms with E-state index in [1.807, 2.05) is 48.5 Å². The van der Waals surface area contributed by atoms with E-state index in [-0.39, 0.29) is 5.56 Å². The van der Waals surface area contributed by atoms with Crippen molar-refractivity contribution in [2.45, 2.75) is 58.8 Å². The molecule has 2 aromatic heterocycles. The van der Waals surface area contributed by atoms with Gasteiger partial charge in [0.25, 0.3) is 5.56 Å². The number of hydrogen-bond donors (Lipinski definition) is 0. The number of rotatable bonds is 14. The molecule has 196 valence electrons. The molecule has 0 aliphatic rings. The third kappa shape index (κ3) is 6.89. The Morgan fingerprint density at radius 2 is 1.65 bits per heavy atom. The Morgan fingerprint density at radius 3 is 2.38 bits per heavy atom. The van der Waals surface area contributed by atoms with Crippen LogP contribution in [0.4, 0.5) is 0 Å². The number of aromatic nitrogens is 3. The molecule has 0 unspecified atom stereocenters. The maximum absolute atomic E-state index is 13.0. The first-order chi connectivity index (χ1) is 18.1. The number of hydrogen-bond acceptors (Lipinski definition) is 7. The van der Waals surface area contributed by atoms with Gasteiger partial charge in [0.2, 0.25) is 4.96 Å². The molecule has 0 bridgehead atoms. The van der Waals surface area contributed by atoms with Crippen molar-refractivity contribution in [2.75, 3.05) is 20.3 Å². The second kappa shape index (κ2) is 13.2. The highest BCUT2D eigenvalue weighted by atomic mass is 32.1. The first-order valence-electron chi connectivity index (χ1n) is 13.1. The summed E-state index contributed by atoms with van der Waals surface area (Å²) in [7, 11) is 1.63. The lowest BCUT2D eigenvalue weighted by Crippen LogP contribution is -2.23. The van der Waals surface area contributed by atoms with Gasteiger partial charge >= 0.3 is 0 Å². The molecule has 0 fully saturated rings. The van der Waals surface area contributed by atoms with Crippen molar-refractivity contribution in [1.29, 1.82) is 0 Å². The summed E-state index contributed by atoms with van der Waals surface area (Å²) in [6.45, 7) is 5.71. The number of nitrogens with zero attached hydrogens (tertiary/aromatic N) is 3. The van der Waals surface area contributed by atoms with Crippen LogP contribution < -0.4 is 24.3 Å². The molecule has 2 aromatic carbocycles. The third-order valence-corrected chi connectivity index (χ3v) is 7.01. The van der Waals surface area contributed by atoms with Crippen molar-refractivity contribution in [1.82, 2.24) is 14.6 Å². The lowest BCUT2D eigenvalue weighted by atomic mass is 10.1. The Bertz CT molecular complexity index is 1400. The van der Waals surface area contributed by atoms with Crippen LogP contribution >= 0.6 is 11.3 Å². The Labute approximate surface area is 221 Å². The quantitative estimate of drug-likeness (QED) is 0.192. The van der Waals surface area contributed by atoms with Crippen LogP contribution in [0.5, 0.6) is 17.2 Å². The Balaban J connectivity index is 1.47. The largest absolute Gasteiger partial charge is 0.494 e. The summed E-state index contributed by atoms with van der Waals surface area (Å²) >= 11 is 1.32. The summed E-state index contributed by atoms with van der Waals surface area (Å²) in [5.74, 6) is 2.71. The van der Waals surface area contributed by atoms with Gasteiger partial charge in [-0.25, -0.2) is 0 Å². The number of unbranched alkanes of at least 4 members (excludes halogenated alkanes) is 5. The lowest BCUT2D eigenvalue weighted by Gasteiger charge is -2.11. The van der Waals surface area contributed by atoms with E-state index in [2.05, 4.69) is 23.9 Å². The van der Waals surface area contributed by atoms with Crippen molar-refractivity contribution in [3.05, 3.63) is 62.9 Å². The van der Waals surface area contributed by atoms with Crippen LogP contribution in [0.1, 0.15) is 64.4 Å². The molecule has 0 saturated carbocycles. The molecule has 8 heteroatoms. The van der Waals surface area contributed by atoms with Crippen LogP contribution in [0.25, 0.3) is 22.4 Å². The van der Waals surface area contributed by atoms with E-state index >= 15 is 0 Å². The van der Waals surface area contributed by atoms with Crippen LogP contribution in [0.2, 0.25) is 0 Å². The zero-order valence-corrected chi connectivity index (χ0v) is 22.7. The van der Waals surface area contributed by atoms with Crippen molar-refractivity contribution in [3.8, 4) is 28.6 Å². The summed E-state index contributed by atoms with van der Waals surface area (Å²) in [5.41, 5.74) is 1.51. The second-order valence-electron chi connectivity index (χ2n) is 8.94. The van der Waals surface area contributed by atoms with Crippen LogP contribution in [0, 0.1) is 0 Å². The minimum absolute atomic E-state index is 0.190. The summed E-state index contributed by atoms with van der Waals surface area (Å²) in [6.07, 6.45) is 9.88. The SMILES string of the molecule is CCCCCCCOc1ccc(C=c2sc3nc(-c4ccc(OCCCC)cc4)nn3c2=O)cc1OC. The zero-order chi connectivity index (χ0) is 26.0. The molecule has 0 aliphatic carbocycles. The fourth-order valence-electron chi connectivity index (χ4n) is 3.92.